The van der Waals surface area contributed by atoms with E-state index in [4.69, 9.17) is 4.74 Å². The van der Waals surface area contributed by atoms with E-state index in [1.165, 1.54) is 0 Å². The van der Waals surface area contributed by atoms with Gasteiger partial charge in [0.2, 0.25) is 0 Å². The highest BCUT2D eigenvalue weighted by atomic mass is 32.2. The van der Waals surface area contributed by atoms with Crippen molar-refractivity contribution >= 4 is 21.4 Å². The van der Waals surface area contributed by atoms with Gasteiger partial charge in [0, 0.05) is 6.42 Å². The molecule has 0 spiro atoms. The Morgan fingerprint density at radius 1 is 1.18 bits per heavy atom. The zero-order chi connectivity index (χ0) is 25.1. The Bertz CT molecular complexity index is 1070. The molecule has 7 heteroatoms. The lowest BCUT2D eigenvalue weighted by molar-refractivity contribution is -0.156. The molecule has 0 aromatic heterocycles. The van der Waals surface area contributed by atoms with Gasteiger partial charge in [-0.3, -0.25) is 4.79 Å². The van der Waals surface area contributed by atoms with E-state index in [9.17, 15) is 23.4 Å². The average molecular weight is 491 g/mol. The van der Waals surface area contributed by atoms with Gasteiger partial charge >= 0.3 is 5.97 Å². The van der Waals surface area contributed by atoms with Gasteiger partial charge in [-0.05, 0) is 72.4 Å². The van der Waals surface area contributed by atoms with Crippen molar-refractivity contribution in [3.05, 3.63) is 47.1 Å². The molecule has 0 radical (unpaired) electrons. The highest BCUT2D eigenvalue weighted by Gasteiger charge is 2.32. The van der Waals surface area contributed by atoms with Gasteiger partial charge in [0.1, 0.15) is 6.10 Å². The van der Waals surface area contributed by atoms with Crippen LogP contribution in [0.4, 0.5) is 0 Å². The van der Waals surface area contributed by atoms with Gasteiger partial charge < -0.3 is 14.9 Å². The second-order valence-corrected chi connectivity index (χ2v) is 12.4. The number of hydrogen-bond acceptors (Lipinski definition) is 6. The van der Waals surface area contributed by atoms with Gasteiger partial charge in [0.25, 0.3) is 0 Å². The number of aryl methyl sites for hydroxylation is 1. The molecule has 0 saturated carbocycles. The molecule has 1 aromatic rings. The number of benzene rings is 1. The predicted molar refractivity (Wildman–Crippen MR) is 133 cm³/mol. The molecule has 1 fully saturated rings. The van der Waals surface area contributed by atoms with E-state index < -0.39 is 34.1 Å². The number of ether oxygens (including phenoxy) is 1. The van der Waals surface area contributed by atoms with Crippen molar-refractivity contribution in [1.29, 1.82) is 0 Å². The molecule has 188 valence electrons. The molecule has 2 aliphatic rings. The zero-order valence-electron chi connectivity index (χ0n) is 20.7. The van der Waals surface area contributed by atoms with Crippen molar-refractivity contribution in [2.45, 2.75) is 95.8 Å². The fourth-order valence-electron chi connectivity index (χ4n) is 4.88. The predicted octanol–water partition coefficient (Wildman–Crippen LogP) is 4.52. The number of aliphatic hydroxyl groups excluding tert-OH is 2. The highest BCUT2D eigenvalue weighted by Crippen LogP contribution is 2.43. The van der Waals surface area contributed by atoms with Crippen LogP contribution in [-0.4, -0.2) is 48.7 Å². The maximum Gasteiger partial charge on any atom is 0.309 e. The summed E-state index contributed by atoms with van der Waals surface area (Å²) in [5.74, 6) is -0.272. The van der Waals surface area contributed by atoms with Gasteiger partial charge in [-0.1, -0.05) is 45.4 Å². The topological polar surface area (TPSA) is 101 Å². The number of rotatable bonds is 7. The molecule has 2 N–H and O–H groups in total. The lowest BCUT2D eigenvalue weighted by atomic mass is 9.77. The van der Waals surface area contributed by atoms with Gasteiger partial charge in [0.05, 0.1) is 29.3 Å². The molecule has 1 heterocycles. The molecule has 34 heavy (non-hydrogen) atoms. The molecule has 3 rings (SSSR count). The fourth-order valence-corrected chi connectivity index (χ4v) is 6.59. The molecular weight excluding hydrogens is 452 g/mol. The monoisotopic (exact) mass is 490 g/mol. The van der Waals surface area contributed by atoms with E-state index in [1.54, 1.807) is 6.07 Å². The quantitative estimate of drug-likeness (QED) is 0.545. The average Bonchev–Trinajstić information content (AvgIpc) is 2.85. The lowest BCUT2D eigenvalue weighted by Crippen LogP contribution is -2.31. The normalized spacial score (nSPS) is 25.9. The Morgan fingerprint density at radius 3 is 2.56 bits per heavy atom. The minimum absolute atomic E-state index is 0.0166. The molecule has 6 nitrogen and oxygen atoms in total. The van der Waals surface area contributed by atoms with Crippen LogP contribution in [0.2, 0.25) is 0 Å². The van der Waals surface area contributed by atoms with E-state index in [0.717, 1.165) is 29.6 Å². The molecular formula is C27H38O6S. The molecule has 1 aliphatic heterocycles. The number of allylic oxidation sites excluding steroid dienone is 2. The number of aliphatic hydroxyl groups is 2. The Kier molecular flexibility index (Phi) is 8.43. The molecule has 1 saturated heterocycles. The second-order valence-electron chi connectivity index (χ2n) is 10.3. The van der Waals surface area contributed by atoms with E-state index in [0.29, 0.717) is 36.1 Å². The standard InChI is InChI=1S/C27H38O6S/c1-5-6-13-34(31,32)25-10-7-19(14-18(25)2)23-16-20(28)11-12-27(3,4)24(23)9-8-22-15-21(29)17-26(30)33-22/h7-10,14,20-22,28-29H,5-6,11-13,15-17H2,1-4H3. The largest absolute Gasteiger partial charge is 0.458 e. The SMILES string of the molecule is CCCCS(=O)(=O)c1ccc(C2=C(C=CC3CC(O)CC(=O)O3)C(C)(C)CCC(O)C2)cc1C. The molecule has 0 amide bonds. The van der Waals surface area contributed by atoms with E-state index in [-0.39, 0.29) is 17.6 Å². The molecule has 0 bridgehead atoms. The van der Waals surface area contributed by atoms with E-state index in [2.05, 4.69) is 13.8 Å². The number of cyclic esters (lactones) is 1. The first-order valence-electron chi connectivity index (χ1n) is 12.2. The number of esters is 1. The van der Waals surface area contributed by atoms with Crippen molar-refractivity contribution in [3.8, 4) is 0 Å². The number of carbonyl (C=O) groups excluding carboxylic acids is 1. The van der Waals surface area contributed by atoms with Crippen LogP contribution in [0.25, 0.3) is 5.57 Å². The van der Waals surface area contributed by atoms with Gasteiger partial charge in [-0.15, -0.1) is 0 Å². The number of unbranched alkanes of at least 4 members (excludes halogenated alkanes) is 1. The van der Waals surface area contributed by atoms with Crippen LogP contribution in [0.3, 0.4) is 0 Å². The lowest BCUT2D eigenvalue weighted by Gasteiger charge is -2.28. The Morgan fingerprint density at radius 2 is 1.91 bits per heavy atom. The van der Waals surface area contributed by atoms with Gasteiger partial charge in [-0.2, -0.15) is 0 Å². The molecule has 1 aliphatic carbocycles. The minimum Gasteiger partial charge on any atom is -0.458 e. The summed E-state index contributed by atoms with van der Waals surface area (Å²) in [6, 6.07) is 5.43. The van der Waals surface area contributed by atoms with Crippen LogP contribution in [0.5, 0.6) is 0 Å². The maximum atomic E-state index is 12.8. The maximum absolute atomic E-state index is 12.8. The summed E-state index contributed by atoms with van der Waals surface area (Å²) >= 11 is 0. The summed E-state index contributed by atoms with van der Waals surface area (Å²) in [7, 11) is -3.34. The molecule has 3 atom stereocenters. The van der Waals surface area contributed by atoms with E-state index >= 15 is 0 Å². The van der Waals surface area contributed by atoms with Crippen LogP contribution in [-0.2, 0) is 19.4 Å². The van der Waals surface area contributed by atoms with Gasteiger partial charge in [0.15, 0.2) is 9.84 Å². The summed E-state index contributed by atoms with van der Waals surface area (Å²) in [5.41, 5.74) is 3.34. The van der Waals surface area contributed by atoms with Gasteiger partial charge in [-0.25, -0.2) is 8.42 Å². The van der Waals surface area contributed by atoms with Crippen LogP contribution >= 0.6 is 0 Å². The molecule has 1 aromatic carbocycles. The van der Waals surface area contributed by atoms with Crippen molar-refractivity contribution in [3.63, 3.8) is 0 Å². The van der Waals surface area contributed by atoms with Crippen LogP contribution in [0.1, 0.15) is 76.8 Å². The van der Waals surface area contributed by atoms with Crippen molar-refractivity contribution < 1.29 is 28.2 Å². The first-order chi connectivity index (χ1) is 15.9. The summed E-state index contributed by atoms with van der Waals surface area (Å²) in [6.07, 6.45) is 5.81. The summed E-state index contributed by atoms with van der Waals surface area (Å²) < 4.78 is 30.9. The third kappa shape index (κ3) is 6.37. The zero-order valence-corrected chi connectivity index (χ0v) is 21.5. The van der Waals surface area contributed by atoms with Crippen LogP contribution in [0, 0.1) is 12.3 Å². The van der Waals surface area contributed by atoms with Crippen LogP contribution < -0.4 is 0 Å². The number of sulfone groups is 1. The summed E-state index contributed by atoms with van der Waals surface area (Å²) in [4.78, 5) is 12.1. The Balaban J connectivity index is 2.04. The van der Waals surface area contributed by atoms with E-state index in [1.807, 2.05) is 38.1 Å². The third-order valence-electron chi connectivity index (χ3n) is 6.89. The van der Waals surface area contributed by atoms with Crippen molar-refractivity contribution in [1.82, 2.24) is 0 Å². The fraction of sp³-hybridized carbons (Fsp3) is 0.593. The van der Waals surface area contributed by atoms with Crippen molar-refractivity contribution in [2.75, 3.05) is 5.75 Å². The number of hydrogen-bond donors (Lipinski definition) is 2. The number of carbonyl (C=O) groups is 1. The highest BCUT2D eigenvalue weighted by molar-refractivity contribution is 7.91. The van der Waals surface area contributed by atoms with Crippen molar-refractivity contribution in [2.24, 2.45) is 5.41 Å². The smallest absolute Gasteiger partial charge is 0.309 e. The first-order valence-corrected chi connectivity index (χ1v) is 13.9. The Hall–Kier alpha value is -1.96. The second kappa shape index (κ2) is 10.8. The minimum atomic E-state index is -3.34. The summed E-state index contributed by atoms with van der Waals surface area (Å²) in [6.45, 7) is 8.05. The van der Waals surface area contributed by atoms with Crippen LogP contribution in [0.15, 0.2) is 40.8 Å². The summed E-state index contributed by atoms with van der Waals surface area (Å²) in [5, 5.41) is 20.6. The first kappa shape index (κ1) is 26.6. The molecule has 3 unspecified atom stereocenters. The third-order valence-corrected chi connectivity index (χ3v) is 8.84. The Labute approximate surface area is 203 Å².